The van der Waals surface area contributed by atoms with Crippen molar-refractivity contribution < 1.29 is 75.8 Å². The Morgan fingerprint density at radius 2 is 0.445 bits per heavy atom. The summed E-state index contributed by atoms with van der Waals surface area (Å²) in [4.78, 5) is 59.0. The molecule has 0 aromatic heterocycles. The number of hydrogen-bond acceptors (Lipinski definition) is 14. The third-order valence-corrected chi connectivity index (χ3v) is 21.5. The fourth-order valence-electron chi connectivity index (χ4n) is 12.5. The summed E-state index contributed by atoms with van der Waals surface area (Å²) >= 11 is 0. The lowest BCUT2D eigenvalue weighted by Gasteiger charge is -2.21. The van der Waals surface area contributed by atoms with Crippen molar-refractivity contribution in [2.24, 2.45) is 0 Å². The van der Waals surface area contributed by atoms with E-state index in [2.05, 4.69) is 203 Å². The van der Waals surface area contributed by atoms with Crippen LogP contribution in [-0.2, 0) is 55.8 Å². The van der Waals surface area contributed by atoms with Crippen molar-refractivity contribution in [2.75, 3.05) is 39.6 Å². The van der Waals surface area contributed by atoms with Crippen LogP contribution in [0.3, 0.4) is 0 Å². The summed E-state index contributed by atoms with van der Waals surface area (Å²) in [5.41, 5.74) is 0. The quantitative estimate of drug-likeness (QED) is 0.0146. The fourth-order valence-corrected chi connectivity index (χ4v) is 14.1. The van der Waals surface area contributed by atoms with Gasteiger partial charge in [0.2, 0.25) is 0 Å². The van der Waals surface area contributed by atoms with E-state index in [-0.39, 0.29) is 19.3 Å². The van der Waals surface area contributed by atoms with Gasteiger partial charge in [-0.1, -0.05) is 383 Å². The number of esters is 3. The standard InChI is InChI=1S/C101H170O16P2/c1-4-7-10-13-16-19-22-25-28-31-34-37-39-41-43-44-45-46-47-48-49-50-52-54-55-58-60-63-66-69-72-75-78-81-84-87-99(104)111-90-96(102)91-113-118(107,108)114-92-97(103)93-115-119(109,110)116-95-98(117-101(106)89-86-83-80-77-74-71-68-65-62-57-36-33-30-27-24-21-18-15-12-9-6-3)94-112-100(105)88-85-82-79-76-73-70-67-64-61-59-56-53-51-42-40-38-35-32-29-26-23-20-17-14-11-8-5-2/h7,9-10,12,16-21,25-30,34-38,41-43,45-46,51,57,65,68,96-98,102-103H,4-6,8,11,13-15,22-24,31-33,39-40,44,47-50,52-56,58-64,66-67,69-95H2,1-3H3,(H,107,108)(H,109,110)/b10-7-,12-9-,19-16-,20-17-,21-18-,28-25-,29-26-,30-27-,37-34-,38-35-,43-41-,46-45-,51-42-,57-36-,68-65-. The Morgan fingerprint density at radius 1 is 0.244 bits per heavy atom. The highest BCUT2D eigenvalue weighted by molar-refractivity contribution is 7.47. The topological polar surface area (TPSA) is 231 Å². The highest BCUT2D eigenvalue weighted by atomic mass is 31.2. The van der Waals surface area contributed by atoms with Crippen molar-refractivity contribution in [3.05, 3.63) is 182 Å². The summed E-state index contributed by atoms with van der Waals surface area (Å²) in [5.74, 6) is -1.60. The zero-order valence-corrected chi connectivity index (χ0v) is 76.8. The van der Waals surface area contributed by atoms with Gasteiger partial charge in [-0.25, -0.2) is 9.13 Å². The molecule has 680 valence electrons. The molecule has 0 aromatic carbocycles. The minimum atomic E-state index is -4.95. The van der Waals surface area contributed by atoms with Gasteiger partial charge in [-0.3, -0.25) is 32.5 Å². The predicted molar refractivity (Wildman–Crippen MR) is 500 cm³/mol. The van der Waals surface area contributed by atoms with Crippen LogP contribution < -0.4 is 0 Å². The number of phosphoric ester groups is 2. The van der Waals surface area contributed by atoms with E-state index in [0.717, 1.165) is 173 Å². The Labute approximate surface area is 725 Å². The number of allylic oxidation sites excluding steroid dienone is 30. The largest absolute Gasteiger partial charge is 0.472 e. The number of rotatable bonds is 88. The molecule has 5 atom stereocenters. The smallest absolute Gasteiger partial charge is 0.463 e. The Bertz CT molecular complexity index is 2890. The van der Waals surface area contributed by atoms with Gasteiger partial charge in [0, 0.05) is 19.3 Å². The summed E-state index contributed by atoms with van der Waals surface area (Å²) in [6.45, 7) is 2.44. The van der Waals surface area contributed by atoms with Gasteiger partial charge in [-0.05, 0) is 161 Å². The third kappa shape index (κ3) is 93.2. The zero-order valence-electron chi connectivity index (χ0n) is 75.0. The molecule has 16 nitrogen and oxygen atoms in total. The van der Waals surface area contributed by atoms with Gasteiger partial charge >= 0.3 is 33.6 Å². The lowest BCUT2D eigenvalue weighted by molar-refractivity contribution is -0.161. The molecule has 4 N–H and O–H groups in total. The van der Waals surface area contributed by atoms with E-state index in [9.17, 15) is 43.5 Å². The molecule has 0 heterocycles. The van der Waals surface area contributed by atoms with Crippen molar-refractivity contribution in [3.63, 3.8) is 0 Å². The Kier molecular flexibility index (Phi) is 87.7. The number of phosphoric acid groups is 2. The summed E-state index contributed by atoms with van der Waals surface area (Å²) in [6, 6.07) is 0. The molecule has 0 rings (SSSR count). The Hall–Kier alpha value is -5.35. The van der Waals surface area contributed by atoms with E-state index in [4.69, 9.17) is 32.3 Å². The molecular formula is C101H170O16P2. The van der Waals surface area contributed by atoms with Crippen molar-refractivity contribution in [2.45, 2.75) is 399 Å². The lowest BCUT2D eigenvalue weighted by Crippen LogP contribution is -2.30. The molecule has 0 saturated heterocycles. The van der Waals surface area contributed by atoms with Crippen LogP contribution in [0.4, 0.5) is 0 Å². The third-order valence-electron chi connectivity index (χ3n) is 19.6. The van der Waals surface area contributed by atoms with Crippen LogP contribution in [0, 0.1) is 0 Å². The molecule has 0 aromatic rings. The maximum Gasteiger partial charge on any atom is 0.472 e. The first-order valence-corrected chi connectivity index (χ1v) is 50.1. The number of carbonyl (C=O) groups is 3. The first-order chi connectivity index (χ1) is 58.2. The second kappa shape index (κ2) is 91.8. The van der Waals surface area contributed by atoms with Crippen molar-refractivity contribution in [1.29, 1.82) is 0 Å². The second-order valence-electron chi connectivity index (χ2n) is 31.0. The monoisotopic (exact) mass is 1700 g/mol. The van der Waals surface area contributed by atoms with Crippen LogP contribution in [0.1, 0.15) is 380 Å². The number of aliphatic hydroxyl groups excluding tert-OH is 2. The van der Waals surface area contributed by atoms with Gasteiger partial charge in [-0.15, -0.1) is 0 Å². The molecule has 0 bridgehead atoms. The maximum atomic E-state index is 13.1. The van der Waals surface area contributed by atoms with Gasteiger partial charge in [0.1, 0.15) is 25.4 Å². The highest BCUT2D eigenvalue weighted by Crippen LogP contribution is 2.45. The molecular weight excluding hydrogens is 1530 g/mol. The number of ether oxygens (including phenoxy) is 3. The van der Waals surface area contributed by atoms with Gasteiger partial charge in [-0.2, -0.15) is 0 Å². The summed E-state index contributed by atoms with van der Waals surface area (Å²) < 4.78 is 61.5. The van der Waals surface area contributed by atoms with E-state index < -0.39 is 91.5 Å². The van der Waals surface area contributed by atoms with Crippen molar-refractivity contribution in [3.8, 4) is 0 Å². The fraction of sp³-hybridized carbons (Fsp3) is 0.673. The molecule has 5 unspecified atom stereocenters. The minimum Gasteiger partial charge on any atom is -0.463 e. The number of carbonyl (C=O) groups excluding carboxylic acids is 3. The van der Waals surface area contributed by atoms with Crippen molar-refractivity contribution >= 4 is 33.6 Å². The number of unbranched alkanes of at least 4 members (excludes halogenated alkanes) is 35. The van der Waals surface area contributed by atoms with Gasteiger partial charge in [0.05, 0.1) is 26.4 Å². The molecule has 0 amide bonds. The summed E-state index contributed by atoms with van der Waals surface area (Å²) in [6.07, 6.45) is 121. The molecule has 0 aliphatic carbocycles. The number of aliphatic hydroxyl groups is 2. The molecule has 0 aliphatic heterocycles. The molecule has 0 saturated carbocycles. The first-order valence-electron chi connectivity index (χ1n) is 47.1. The molecule has 18 heteroatoms. The molecule has 0 fully saturated rings. The van der Waals surface area contributed by atoms with E-state index in [1.807, 2.05) is 0 Å². The average Bonchev–Trinajstić information content (AvgIpc) is 0.905. The van der Waals surface area contributed by atoms with Crippen LogP contribution in [0.25, 0.3) is 0 Å². The molecule has 0 radical (unpaired) electrons. The number of hydrogen-bond donors (Lipinski definition) is 4. The second-order valence-corrected chi connectivity index (χ2v) is 34.0. The Morgan fingerprint density at radius 3 is 0.706 bits per heavy atom. The van der Waals surface area contributed by atoms with Crippen LogP contribution >= 0.6 is 15.6 Å². The summed E-state index contributed by atoms with van der Waals surface area (Å²) in [7, 11) is -9.82. The van der Waals surface area contributed by atoms with Crippen LogP contribution in [0.5, 0.6) is 0 Å². The predicted octanol–water partition coefficient (Wildman–Crippen LogP) is 29.2. The first kappa shape index (κ1) is 114. The molecule has 0 aliphatic rings. The lowest BCUT2D eigenvalue weighted by atomic mass is 10.0. The zero-order chi connectivity index (χ0) is 86.5. The van der Waals surface area contributed by atoms with E-state index in [0.29, 0.717) is 19.3 Å². The van der Waals surface area contributed by atoms with Crippen LogP contribution in [-0.4, -0.2) is 95.9 Å². The van der Waals surface area contributed by atoms with Crippen LogP contribution in [0.15, 0.2) is 182 Å². The maximum absolute atomic E-state index is 13.1. The highest BCUT2D eigenvalue weighted by Gasteiger charge is 2.29. The van der Waals surface area contributed by atoms with E-state index in [1.54, 1.807) is 0 Å². The van der Waals surface area contributed by atoms with E-state index in [1.165, 1.54) is 148 Å². The molecule has 0 spiro atoms. The Balaban J connectivity index is 4.56. The van der Waals surface area contributed by atoms with E-state index >= 15 is 0 Å². The van der Waals surface area contributed by atoms with Crippen molar-refractivity contribution in [1.82, 2.24) is 0 Å². The SMILES string of the molecule is CC/C=C\C/C=C\C/C=C\C/C=C\C/C=C\C/C=C\CCCCCCCCCCCCCCCCCCC(=O)OCC(O)COP(=O)(O)OCC(O)COP(=O)(O)OCC(COC(=O)CCCCCCCCCCCCC/C=C\C/C=C\C/C=C\C/C=C\CCCCC)OC(=O)CCCCCCC/C=C\C/C=C\C/C=C\C/C=C\C/C=C\CC. The molecule has 119 heavy (non-hydrogen) atoms. The normalized spacial score (nSPS) is 14.6. The average molecular weight is 1700 g/mol. The summed E-state index contributed by atoms with van der Waals surface area (Å²) in [5, 5.41) is 20.7. The van der Waals surface area contributed by atoms with Gasteiger partial charge < -0.3 is 34.2 Å². The van der Waals surface area contributed by atoms with Gasteiger partial charge in [0.15, 0.2) is 6.10 Å². The minimum absolute atomic E-state index is 0.0771. The van der Waals surface area contributed by atoms with Crippen LogP contribution in [0.2, 0.25) is 0 Å². The van der Waals surface area contributed by atoms with Gasteiger partial charge in [0.25, 0.3) is 0 Å².